The van der Waals surface area contributed by atoms with Crippen molar-refractivity contribution in [3.63, 3.8) is 0 Å². The molecule has 2 unspecified atom stereocenters. The fraction of sp³-hybridized carbons (Fsp3) is 1.00. The molecule has 0 aromatic carbocycles. The van der Waals surface area contributed by atoms with E-state index in [1.54, 1.807) is 0 Å². The molecule has 0 aromatic rings. The first-order chi connectivity index (χ1) is 5.41. The Morgan fingerprint density at radius 2 is 2.00 bits per heavy atom. The third-order valence-corrected chi connectivity index (χ3v) is 3.91. The molecule has 2 atom stereocenters. The van der Waals surface area contributed by atoms with E-state index in [1.807, 2.05) is 6.92 Å². The minimum atomic E-state index is -3.06. The molecule has 12 heavy (non-hydrogen) atoms. The maximum absolute atomic E-state index is 11.2. The smallest absolute Gasteiger partial charge is 0.211 e. The van der Waals surface area contributed by atoms with Gasteiger partial charge in [0.25, 0.3) is 0 Å². The standard InChI is InChI=1S/C7H14ClNO2S/c1-6-3-4-7(8)5-9(6)12(2,10)11/h6-7H,3-5H2,1-2H3. The van der Waals surface area contributed by atoms with Crippen molar-refractivity contribution < 1.29 is 8.42 Å². The molecule has 0 spiro atoms. The molecule has 1 aliphatic rings. The van der Waals surface area contributed by atoms with Crippen molar-refractivity contribution >= 4 is 21.6 Å². The molecule has 5 heteroatoms. The van der Waals surface area contributed by atoms with Crippen LogP contribution in [-0.4, -0.2) is 36.9 Å². The number of sulfonamides is 1. The topological polar surface area (TPSA) is 37.4 Å². The third kappa shape index (κ3) is 2.34. The molecular weight excluding hydrogens is 198 g/mol. The number of halogens is 1. The lowest BCUT2D eigenvalue weighted by Gasteiger charge is -2.33. The second-order valence-electron chi connectivity index (χ2n) is 3.36. The fourth-order valence-corrected chi connectivity index (χ4v) is 3.06. The molecule has 72 valence electrons. The second-order valence-corrected chi connectivity index (χ2v) is 5.91. The van der Waals surface area contributed by atoms with Gasteiger partial charge in [-0.25, -0.2) is 8.42 Å². The number of piperidine rings is 1. The quantitative estimate of drug-likeness (QED) is 0.608. The van der Waals surface area contributed by atoms with Gasteiger partial charge in [0.2, 0.25) is 10.0 Å². The lowest BCUT2D eigenvalue weighted by atomic mass is 10.1. The van der Waals surface area contributed by atoms with E-state index in [9.17, 15) is 8.42 Å². The lowest BCUT2D eigenvalue weighted by Crippen LogP contribution is -2.45. The minimum Gasteiger partial charge on any atom is -0.212 e. The molecule has 1 rings (SSSR count). The molecule has 0 radical (unpaired) electrons. The molecule has 0 aliphatic carbocycles. The Kier molecular flexibility index (Phi) is 3.01. The molecule has 1 heterocycles. The zero-order valence-corrected chi connectivity index (χ0v) is 8.90. The van der Waals surface area contributed by atoms with Crippen LogP contribution in [0.5, 0.6) is 0 Å². The molecule has 0 aromatic heterocycles. The summed E-state index contributed by atoms with van der Waals surface area (Å²) in [4.78, 5) is 0. The summed E-state index contributed by atoms with van der Waals surface area (Å²) in [6.45, 7) is 2.38. The van der Waals surface area contributed by atoms with Crippen LogP contribution < -0.4 is 0 Å². The second kappa shape index (κ2) is 3.52. The summed E-state index contributed by atoms with van der Waals surface area (Å²) in [5, 5.41) is -0.0177. The van der Waals surface area contributed by atoms with E-state index in [0.29, 0.717) is 6.54 Å². The number of hydrogen-bond donors (Lipinski definition) is 0. The van der Waals surface area contributed by atoms with E-state index in [-0.39, 0.29) is 11.4 Å². The van der Waals surface area contributed by atoms with Crippen molar-refractivity contribution in [2.45, 2.75) is 31.2 Å². The monoisotopic (exact) mass is 211 g/mol. The molecule has 1 saturated heterocycles. The van der Waals surface area contributed by atoms with E-state index in [1.165, 1.54) is 10.6 Å². The van der Waals surface area contributed by atoms with Crippen LogP contribution in [0.4, 0.5) is 0 Å². The first-order valence-corrected chi connectivity index (χ1v) is 6.30. The van der Waals surface area contributed by atoms with Crippen LogP contribution in [0.25, 0.3) is 0 Å². The summed E-state index contributed by atoms with van der Waals surface area (Å²) < 4.78 is 23.9. The molecule has 3 nitrogen and oxygen atoms in total. The van der Waals surface area contributed by atoms with Crippen molar-refractivity contribution in [1.82, 2.24) is 4.31 Å². The predicted octanol–water partition coefficient (Wildman–Crippen LogP) is 1.04. The molecular formula is C7H14ClNO2S. The Morgan fingerprint density at radius 3 is 2.42 bits per heavy atom. The molecule has 0 amide bonds. The average Bonchev–Trinajstić information content (AvgIpc) is 1.92. The van der Waals surface area contributed by atoms with Crippen molar-refractivity contribution in [2.75, 3.05) is 12.8 Å². The molecule has 0 saturated carbocycles. The van der Waals surface area contributed by atoms with Gasteiger partial charge in [0, 0.05) is 18.0 Å². The van der Waals surface area contributed by atoms with Crippen LogP contribution in [-0.2, 0) is 10.0 Å². The van der Waals surface area contributed by atoms with E-state index < -0.39 is 10.0 Å². The van der Waals surface area contributed by atoms with Gasteiger partial charge in [-0.15, -0.1) is 11.6 Å². The summed E-state index contributed by atoms with van der Waals surface area (Å²) in [6, 6.07) is 0.106. The highest BCUT2D eigenvalue weighted by molar-refractivity contribution is 7.88. The summed E-state index contributed by atoms with van der Waals surface area (Å²) in [7, 11) is -3.06. The normalized spacial score (nSPS) is 33.6. The Labute approximate surface area is 78.7 Å². The highest BCUT2D eigenvalue weighted by atomic mass is 35.5. The van der Waals surface area contributed by atoms with E-state index >= 15 is 0 Å². The van der Waals surface area contributed by atoms with Crippen LogP contribution in [0.2, 0.25) is 0 Å². The van der Waals surface area contributed by atoms with Crippen molar-refractivity contribution in [1.29, 1.82) is 0 Å². The minimum absolute atomic E-state index is 0.0177. The maximum atomic E-state index is 11.2. The Balaban J connectivity index is 2.74. The first-order valence-electron chi connectivity index (χ1n) is 4.02. The van der Waals surface area contributed by atoms with E-state index in [4.69, 9.17) is 11.6 Å². The number of nitrogens with zero attached hydrogens (tertiary/aromatic N) is 1. The SMILES string of the molecule is CC1CCC(Cl)CN1S(C)(=O)=O. The fourth-order valence-electron chi connectivity index (χ4n) is 1.49. The van der Waals surface area contributed by atoms with Crippen LogP contribution in [0.3, 0.4) is 0 Å². The molecule has 1 aliphatic heterocycles. The van der Waals surface area contributed by atoms with E-state index in [2.05, 4.69) is 0 Å². The zero-order chi connectivity index (χ0) is 9.35. The van der Waals surface area contributed by atoms with E-state index in [0.717, 1.165) is 12.8 Å². The van der Waals surface area contributed by atoms with Gasteiger partial charge in [-0.2, -0.15) is 4.31 Å². The Hall–Kier alpha value is 0.200. The van der Waals surface area contributed by atoms with Crippen LogP contribution >= 0.6 is 11.6 Å². The van der Waals surface area contributed by atoms with Gasteiger partial charge < -0.3 is 0 Å². The number of rotatable bonds is 1. The van der Waals surface area contributed by atoms with Crippen LogP contribution in [0, 0.1) is 0 Å². The molecule has 0 N–H and O–H groups in total. The van der Waals surface area contributed by atoms with Crippen LogP contribution in [0.15, 0.2) is 0 Å². The van der Waals surface area contributed by atoms with Gasteiger partial charge in [-0.05, 0) is 19.8 Å². The van der Waals surface area contributed by atoms with Crippen LogP contribution in [0.1, 0.15) is 19.8 Å². The summed E-state index contributed by atoms with van der Waals surface area (Å²) in [5.41, 5.74) is 0. The first kappa shape index (κ1) is 10.3. The van der Waals surface area contributed by atoms with Gasteiger partial charge in [0.15, 0.2) is 0 Å². The van der Waals surface area contributed by atoms with Crippen molar-refractivity contribution in [3.05, 3.63) is 0 Å². The van der Waals surface area contributed by atoms with Crippen molar-refractivity contribution in [3.8, 4) is 0 Å². The molecule has 1 fully saturated rings. The highest BCUT2D eigenvalue weighted by Gasteiger charge is 2.29. The Bertz CT molecular complexity index is 252. The lowest BCUT2D eigenvalue weighted by molar-refractivity contribution is 0.274. The maximum Gasteiger partial charge on any atom is 0.211 e. The summed E-state index contributed by atoms with van der Waals surface area (Å²) in [6.07, 6.45) is 3.01. The number of alkyl halides is 1. The van der Waals surface area contributed by atoms with Gasteiger partial charge in [-0.1, -0.05) is 0 Å². The molecule has 0 bridgehead atoms. The largest absolute Gasteiger partial charge is 0.212 e. The summed E-state index contributed by atoms with van der Waals surface area (Å²) in [5.74, 6) is 0. The third-order valence-electron chi connectivity index (χ3n) is 2.19. The van der Waals surface area contributed by atoms with Gasteiger partial charge in [-0.3, -0.25) is 0 Å². The summed E-state index contributed by atoms with van der Waals surface area (Å²) >= 11 is 5.88. The number of hydrogen-bond acceptors (Lipinski definition) is 2. The zero-order valence-electron chi connectivity index (χ0n) is 7.33. The predicted molar refractivity (Wildman–Crippen MR) is 49.9 cm³/mol. The van der Waals surface area contributed by atoms with Gasteiger partial charge >= 0.3 is 0 Å². The Morgan fingerprint density at radius 1 is 1.42 bits per heavy atom. The highest BCUT2D eigenvalue weighted by Crippen LogP contribution is 2.22. The van der Waals surface area contributed by atoms with Gasteiger partial charge in [0.05, 0.1) is 6.26 Å². The average molecular weight is 212 g/mol. The van der Waals surface area contributed by atoms with Gasteiger partial charge in [0.1, 0.15) is 0 Å². The van der Waals surface area contributed by atoms with Crippen molar-refractivity contribution in [2.24, 2.45) is 0 Å².